The van der Waals surface area contributed by atoms with Crippen LogP contribution >= 0.6 is 0 Å². The Hall–Kier alpha value is -1.10. The first-order valence-corrected chi connectivity index (χ1v) is 6.84. The average molecular weight is 265 g/mol. The van der Waals surface area contributed by atoms with E-state index in [0.29, 0.717) is 12.6 Å². The van der Waals surface area contributed by atoms with Crippen molar-refractivity contribution in [3.05, 3.63) is 29.3 Å². The number of aliphatic hydroxyl groups is 2. The largest absolute Gasteiger partial charge is 0.491 e. The van der Waals surface area contributed by atoms with Crippen molar-refractivity contribution in [1.82, 2.24) is 5.32 Å². The molecule has 1 unspecified atom stereocenters. The first-order chi connectivity index (χ1) is 9.04. The Bertz CT molecular complexity index is 416. The summed E-state index contributed by atoms with van der Waals surface area (Å²) in [5.41, 5.74) is 2.29. The zero-order valence-electron chi connectivity index (χ0n) is 11.6. The van der Waals surface area contributed by atoms with Gasteiger partial charge in [-0.1, -0.05) is 17.7 Å². The SMILES string of the molecule is Cc1ccc(OCC(O)CNC2CC(O)C2)c(C)c1. The maximum atomic E-state index is 9.84. The van der Waals surface area contributed by atoms with Crippen LogP contribution in [0, 0.1) is 13.8 Å². The highest BCUT2D eigenvalue weighted by atomic mass is 16.5. The van der Waals surface area contributed by atoms with Crippen molar-refractivity contribution >= 4 is 0 Å². The highest BCUT2D eigenvalue weighted by Gasteiger charge is 2.26. The van der Waals surface area contributed by atoms with Gasteiger partial charge in [0.25, 0.3) is 0 Å². The number of ether oxygens (including phenoxy) is 1. The van der Waals surface area contributed by atoms with Crippen LogP contribution in [-0.2, 0) is 0 Å². The molecule has 3 N–H and O–H groups in total. The second-order valence-corrected chi connectivity index (χ2v) is 5.46. The summed E-state index contributed by atoms with van der Waals surface area (Å²) in [4.78, 5) is 0. The molecule has 2 rings (SSSR count). The van der Waals surface area contributed by atoms with Crippen LogP contribution in [0.2, 0.25) is 0 Å². The standard InChI is InChI=1S/C15H23NO3/c1-10-3-4-15(11(2)5-10)19-9-14(18)8-16-12-6-13(17)7-12/h3-5,12-14,16-18H,6-9H2,1-2H3. The predicted octanol–water partition coefficient (Wildman–Crippen LogP) is 1.16. The van der Waals surface area contributed by atoms with E-state index in [0.717, 1.165) is 24.2 Å². The van der Waals surface area contributed by atoms with E-state index in [9.17, 15) is 5.11 Å². The lowest BCUT2D eigenvalue weighted by atomic mass is 9.89. The minimum atomic E-state index is -0.529. The molecule has 0 radical (unpaired) electrons. The summed E-state index contributed by atoms with van der Waals surface area (Å²) in [6.07, 6.45) is 0.870. The van der Waals surface area contributed by atoms with Crippen LogP contribution in [0.3, 0.4) is 0 Å². The molecule has 0 saturated heterocycles. The van der Waals surface area contributed by atoms with Crippen molar-refractivity contribution in [3.8, 4) is 5.75 Å². The fourth-order valence-electron chi connectivity index (χ4n) is 2.26. The van der Waals surface area contributed by atoms with Gasteiger partial charge < -0.3 is 20.3 Å². The van der Waals surface area contributed by atoms with Gasteiger partial charge in [0.05, 0.1) is 6.10 Å². The quantitative estimate of drug-likeness (QED) is 0.722. The molecule has 1 saturated carbocycles. The first kappa shape index (κ1) is 14.3. The molecule has 1 aromatic carbocycles. The number of aryl methyl sites for hydroxylation is 2. The molecular formula is C15H23NO3. The highest BCUT2D eigenvalue weighted by Crippen LogP contribution is 2.20. The van der Waals surface area contributed by atoms with E-state index in [1.54, 1.807) is 0 Å². The second kappa shape index (κ2) is 6.37. The third-order valence-corrected chi connectivity index (χ3v) is 3.52. The lowest BCUT2D eigenvalue weighted by molar-refractivity contribution is 0.0487. The third-order valence-electron chi connectivity index (χ3n) is 3.52. The molecule has 0 spiro atoms. The van der Waals surface area contributed by atoms with Crippen molar-refractivity contribution in [3.63, 3.8) is 0 Å². The fraction of sp³-hybridized carbons (Fsp3) is 0.600. The molecule has 1 aliphatic rings. The van der Waals surface area contributed by atoms with Crippen LogP contribution < -0.4 is 10.1 Å². The first-order valence-electron chi connectivity index (χ1n) is 6.84. The van der Waals surface area contributed by atoms with Crippen LogP contribution in [0.1, 0.15) is 24.0 Å². The van der Waals surface area contributed by atoms with Crippen LogP contribution in [0.4, 0.5) is 0 Å². The van der Waals surface area contributed by atoms with Crippen molar-refractivity contribution < 1.29 is 14.9 Å². The molecule has 0 bridgehead atoms. The third kappa shape index (κ3) is 4.20. The van der Waals surface area contributed by atoms with Gasteiger partial charge in [0, 0.05) is 12.6 Å². The van der Waals surface area contributed by atoms with E-state index in [-0.39, 0.29) is 12.7 Å². The van der Waals surface area contributed by atoms with E-state index >= 15 is 0 Å². The molecule has 0 aliphatic heterocycles. The Morgan fingerprint density at radius 3 is 2.74 bits per heavy atom. The summed E-state index contributed by atoms with van der Waals surface area (Å²) < 4.78 is 5.62. The summed E-state index contributed by atoms with van der Waals surface area (Å²) in [6.45, 7) is 4.83. The predicted molar refractivity (Wildman–Crippen MR) is 74.4 cm³/mol. The van der Waals surface area contributed by atoms with Gasteiger partial charge in [-0.3, -0.25) is 0 Å². The minimum absolute atomic E-state index is 0.166. The number of nitrogens with one attached hydrogen (secondary N) is 1. The van der Waals surface area contributed by atoms with Crippen molar-refractivity contribution in [2.45, 2.75) is 44.9 Å². The van der Waals surface area contributed by atoms with Crippen LogP contribution in [-0.4, -0.2) is 41.6 Å². The molecule has 0 aromatic heterocycles. The van der Waals surface area contributed by atoms with Gasteiger partial charge in [-0.25, -0.2) is 0 Å². The number of hydrogen-bond acceptors (Lipinski definition) is 4. The van der Waals surface area contributed by atoms with Gasteiger partial charge >= 0.3 is 0 Å². The molecule has 19 heavy (non-hydrogen) atoms. The van der Waals surface area contributed by atoms with E-state index < -0.39 is 6.10 Å². The highest BCUT2D eigenvalue weighted by molar-refractivity contribution is 5.35. The molecule has 0 heterocycles. The average Bonchev–Trinajstić information content (AvgIpc) is 2.32. The molecule has 1 fully saturated rings. The molecule has 1 aromatic rings. The zero-order chi connectivity index (χ0) is 13.8. The number of hydrogen-bond donors (Lipinski definition) is 3. The lowest BCUT2D eigenvalue weighted by Gasteiger charge is -2.32. The van der Waals surface area contributed by atoms with Crippen LogP contribution in [0.5, 0.6) is 5.75 Å². The number of rotatable bonds is 6. The Balaban J connectivity index is 1.69. The summed E-state index contributed by atoms with van der Waals surface area (Å²) in [6, 6.07) is 6.34. The second-order valence-electron chi connectivity index (χ2n) is 5.46. The van der Waals surface area contributed by atoms with Crippen molar-refractivity contribution in [2.75, 3.05) is 13.2 Å². The maximum absolute atomic E-state index is 9.84. The van der Waals surface area contributed by atoms with Gasteiger partial charge in [-0.15, -0.1) is 0 Å². The Kier molecular flexibility index (Phi) is 4.80. The van der Waals surface area contributed by atoms with E-state index in [4.69, 9.17) is 9.84 Å². The monoisotopic (exact) mass is 265 g/mol. The van der Waals surface area contributed by atoms with Crippen LogP contribution in [0.15, 0.2) is 18.2 Å². The van der Waals surface area contributed by atoms with Crippen LogP contribution in [0.25, 0.3) is 0 Å². The fourth-order valence-corrected chi connectivity index (χ4v) is 2.26. The van der Waals surface area contributed by atoms with Crippen molar-refractivity contribution in [2.24, 2.45) is 0 Å². The van der Waals surface area contributed by atoms with E-state index in [1.807, 2.05) is 26.0 Å². The molecule has 106 valence electrons. The van der Waals surface area contributed by atoms with E-state index in [1.165, 1.54) is 5.56 Å². The maximum Gasteiger partial charge on any atom is 0.122 e. The molecule has 0 amide bonds. The molecule has 1 aliphatic carbocycles. The summed E-state index contributed by atoms with van der Waals surface area (Å²) in [5.74, 6) is 0.823. The minimum Gasteiger partial charge on any atom is -0.491 e. The Morgan fingerprint density at radius 2 is 2.11 bits per heavy atom. The van der Waals surface area contributed by atoms with E-state index in [2.05, 4.69) is 11.4 Å². The van der Waals surface area contributed by atoms with Gasteiger partial charge in [0.15, 0.2) is 0 Å². The molecule has 4 heteroatoms. The summed E-state index contributed by atoms with van der Waals surface area (Å²) >= 11 is 0. The molecule has 1 atom stereocenters. The lowest BCUT2D eigenvalue weighted by Crippen LogP contribution is -2.47. The van der Waals surface area contributed by atoms with Gasteiger partial charge in [-0.05, 0) is 38.3 Å². The van der Waals surface area contributed by atoms with Gasteiger partial charge in [0.1, 0.15) is 18.5 Å². The summed E-state index contributed by atoms with van der Waals surface area (Å²) in [7, 11) is 0. The Morgan fingerprint density at radius 1 is 1.37 bits per heavy atom. The summed E-state index contributed by atoms with van der Waals surface area (Å²) in [5, 5.41) is 22.2. The van der Waals surface area contributed by atoms with Gasteiger partial charge in [-0.2, -0.15) is 0 Å². The number of aliphatic hydroxyl groups excluding tert-OH is 2. The Labute approximate surface area is 114 Å². The van der Waals surface area contributed by atoms with Crippen molar-refractivity contribution in [1.29, 1.82) is 0 Å². The number of benzene rings is 1. The van der Waals surface area contributed by atoms with Gasteiger partial charge in [0.2, 0.25) is 0 Å². The zero-order valence-corrected chi connectivity index (χ0v) is 11.6. The molecular weight excluding hydrogens is 242 g/mol. The topological polar surface area (TPSA) is 61.7 Å². The molecule has 4 nitrogen and oxygen atoms in total. The smallest absolute Gasteiger partial charge is 0.122 e. The normalized spacial score (nSPS) is 23.8.